The van der Waals surface area contributed by atoms with Gasteiger partial charge in [-0.15, -0.1) is 0 Å². The topological polar surface area (TPSA) is 108 Å². The number of hydrogen-bond acceptors (Lipinski definition) is 6. The molecule has 7 nitrogen and oxygen atoms in total. The van der Waals surface area contributed by atoms with E-state index in [1.54, 1.807) is 25.1 Å². The first-order valence-electron chi connectivity index (χ1n) is 7.70. The SMILES string of the molecule is CCOC(=O)c1cc(NC(=O)COC(=O)c2ccccc2N)ccc1Cl. The maximum absolute atomic E-state index is 12.0. The number of carbonyl (C=O) groups is 3. The Bertz CT molecular complexity index is 838. The lowest BCUT2D eigenvalue weighted by atomic mass is 10.2. The Kier molecular flexibility index (Phi) is 6.57. The molecule has 0 radical (unpaired) electrons. The number of carbonyl (C=O) groups excluding carboxylic acids is 3. The van der Waals surface area contributed by atoms with E-state index in [-0.39, 0.29) is 28.4 Å². The Morgan fingerprint density at radius 2 is 1.73 bits per heavy atom. The van der Waals surface area contributed by atoms with E-state index in [1.165, 1.54) is 24.3 Å². The van der Waals surface area contributed by atoms with E-state index in [0.717, 1.165) is 0 Å². The minimum Gasteiger partial charge on any atom is -0.462 e. The molecule has 2 aromatic carbocycles. The van der Waals surface area contributed by atoms with Crippen LogP contribution in [0.2, 0.25) is 5.02 Å². The van der Waals surface area contributed by atoms with Gasteiger partial charge in [-0.25, -0.2) is 9.59 Å². The molecule has 0 fully saturated rings. The molecular weight excluding hydrogens is 360 g/mol. The average Bonchev–Trinajstić information content (AvgIpc) is 2.62. The number of nitrogen functional groups attached to an aromatic ring is 1. The molecule has 0 heterocycles. The van der Waals surface area contributed by atoms with E-state index in [2.05, 4.69) is 5.32 Å². The Labute approximate surface area is 155 Å². The maximum atomic E-state index is 12.0. The predicted molar refractivity (Wildman–Crippen MR) is 97.2 cm³/mol. The summed E-state index contributed by atoms with van der Waals surface area (Å²) in [5.74, 6) is -1.88. The van der Waals surface area contributed by atoms with E-state index >= 15 is 0 Å². The van der Waals surface area contributed by atoms with Gasteiger partial charge in [-0.2, -0.15) is 0 Å². The van der Waals surface area contributed by atoms with Crippen molar-refractivity contribution in [1.29, 1.82) is 0 Å². The third kappa shape index (κ3) is 4.97. The van der Waals surface area contributed by atoms with Crippen LogP contribution in [-0.4, -0.2) is 31.1 Å². The molecule has 0 unspecified atom stereocenters. The molecule has 0 aliphatic heterocycles. The van der Waals surface area contributed by atoms with Crippen LogP contribution >= 0.6 is 11.6 Å². The van der Waals surface area contributed by atoms with Crippen molar-refractivity contribution in [2.75, 3.05) is 24.3 Å². The highest BCUT2D eigenvalue weighted by Gasteiger charge is 2.15. The van der Waals surface area contributed by atoms with Gasteiger partial charge in [-0.3, -0.25) is 4.79 Å². The van der Waals surface area contributed by atoms with Gasteiger partial charge in [0.25, 0.3) is 5.91 Å². The van der Waals surface area contributed by atoms with Crippen molar-refractivity contribution < 1.29 is 23.9 Å². The first kappa shape index (κ1) is 19.3. The van der Waals surface area contributed by atoms with Crippen molar-refractivity contribution in [3.8, 4) is 0 Å². The van der Waals surface area contributed by atoms with Gasteiger partial charge >= 0.3 is 11.9 Å². The summed E-state index contributed by atoms with van der Waals surface area (Å²) < 4.78 is 9.82. The molecule has 2 aromatic rings. The zero-order chi connectivity index (χ0) is 19.1. The Morgan fingerprint density at radius 1 is 1.04 bits per heavy atom. The Hall–Kier alpha value is -3.06. The van der Waals surface area contributed by atoms with E-state index in [9.17, 15) is 14.4 Å². The van der Waals surface area contributed by atoms with Crippen LogP contribution in [0.3, 0.4) is 0 Å². The largest absolute Gasteiger partial charge is 0.462 e. The number of hydrogen-bond donors (Lipinski definition) is 2. The van der Waals surface area contributed by atoms with Crippen LogP contribution in [0.4, 0.5) is 11.4 Å². The molecule has 0 saturated heterocycles. The number of ether oxygens (including phenoxy) is 2. The lowest BCUT2D eigenvalue weighted by molar-refractivity contribution is -0.119. The Balaban J connectivity index is 1.98. The van der Waals surface area contributed by atoms with E-state index < -0.39 is 24.5 Å². The standard InChI is InChI=1S/C18H17ClN2O5/c1-2-25-18(24)13-9-11(7-8-14(13)19)21-16(22)10-26-17(23)12-5-3-4-6-15(12)20/h3-9H,2,10,20H2,1H3,(H,21,22). The van der Waals surface area contributed by atoms with Gasteiger partial charge in [0.2, 0.25) is 0 Å². The maximum Gasteiger partial charge on any atom is 0.340 e. The molecule has 0 atom stereocenters. The highest BCUT2D eigenvalue weighted by molar-refractivity contribution is 6.33. The lowest BCUT2D eigenvalue weighted by Crippen LogP contribution is -2.21. The van der Waals surface area contributed by atoms with Crippen molar-refractivity contribution in [3.63, 3.8) is 0 Å². The minimum atomic E-state index is -0.707. The van der Waals surface area contributed by atoms with Crippen LogP contribution in [-0.2, 0) is 14.3 Å². The first-order valence-corrected chi connectivity index (χ1v) is 8.08. The number of para-hydroxylation sites is 1. The molecule has 1 amide bonds. The van der Waals surface area contributed by atoms with Gasteiger partial charge in [0.15, 0.2) is 6.61 Å². The zero-order valence-corrected chi connectivity index (χ0v) is 14.7. The second-order valence-electron chi connectivity index (χ2n) is 5.13. The quantitative estimate of drug-likeness (QED) is 0.592. The fourth-order valence-corrected chi connectivity index (χ4v) is 2.25. The highest BCUT2D eigenvalue weighted by atomic mass is 35.5. The van der Waals surface area contributed by atoms with Crippen LogP contribution in [0.25, 0.3) is 0 Å². The van der Waals surface area contributed by atoms with Crippen LogP contribution in [0, 0.1) is 0 Å². The molecule has 3 N–H and O–H groups in total. The van der Waals surface area contributed by atoms with Crippen LogP contribution in [0.5, 0.6) is 0 Å². The second kappa shape index (κ2) is 8.87. The monoisotopic (exact) mass is 376 g/mol. The molecule has 8 heteroatoms. The van der Waals surface area contributed by atoms with E-state index in [0.29, 0.717) is 5.69 Å². The predicted octanol–water partition coefficient (Wildman–Crippen LogP) is 2.89. The fraction of sp³-hybridized carbons (Fsp3) is 0.167. The third-order valence-electron chi connectivity index (χ3n) is 3.26. The molecule has 2 rings (SSSR count). The van der Waals surface area contributed by atoms with Crippen molar-refractivity contribution in [3.05, 3.63) is 58.6 Å². The molecule has 26 heavy (non-hydrogen) atoms. The smallest absolute Gasteiger partial charge is 0.340 e. The number of nitrogens with one attached hydrogen (secondary N) is 1. The number of anilines is 2. The molecule has 0 bridgehead atoms. The number of benzene rings is 2. The third-order valence-corrected chi connectivity index (χ3v) is 3.59. The second-order valence-corrected chi connectivity index (χ2v) is 5.53. The van der Waals surface area contributed by atoms with Gasteiger partial charge < -0.3 is 20.5 Å². The summed E-state index contributed by atoms with van der Waals surface area (Å²) in [5, 5.41) is 2.72. The summed E-state index contributed by atoms with van der Waals surface area (Å²) in [6.07, 6.45) is 0. The van der Waals surface area contributed by atoms with Crippen molar-refractivity contribution in [2.24, 2.45) is 0 Å². The molecule has 0 aliphatic rings. The molecule has 136 valence electrons. The number of halogens is 1. The zero-order valence-electron chi connectivity index (χ0n) is 14.0. The Morgan fingerprint density at radius 3 is 2.42 bits per heavy atom. The number of amides is 1. The molecule has 0 aliphatic carbocycles. The van der Waals surface area contributed by atoms with Crippen LogP contribution in [0.1, 0.15) is 27.6 Å². The normalized spacial score (nSPS) is 10.1. The average molecular weight is 377 g/mol. The fourth-order valence-electron chi connectivity index (χ4n) is 2.06. The van der Waals surface area contributed by atoms with Crippen LogP contribution < -0.4 is 11.1 Å². The summed E-state index contributed by atoms with van der Waals surface area (Å²) >= 11 is 5.95. The van der Waals surface area contributed by atoms with Gasteiger partial charge in [0.05, 0.1) is 22.8 Å². The molecule has 0 aromatic heterocycles. The molecule has 0 saturated carbocycles. The van der Waals surface area contributed by atoms with Crippen molar-refractivity contribution in [1.82, 2.24) is 0 Å². The van der Waals surface area contributed by atoms with Gasteiger partial charge in [-0.05, 0) is 37.3 Å². The van der Waals surface area contributed by atoms with Crippen molar-refractivity contribution in [2.45, 2.75) is 6.92 Å². The minimum absolute atomic E-state index is 0.125. The molecular formula is C18H17ClN2O5. The summed E-state index contributed by atoms with van der Waals surface area (Å²) in [6, 6.07) is 10.7. The van der Waals surface area contributed by atoms with Gasteiger partial charge in [0.1, 0.15) is 0 Å². The summed E-state index contributed by atoms with van der Waals surface area (Å²) in [6.45, 7) is 1.36. The summed E-state index contributed by atoms with van der Waals surface area (Å²) in [5.41, 5.74) is 6.56. The lowest BCUT2D eigenvalue weighted by Gasteiger charge is -2.10. The highest BCUT2D eigenvalue weighted by Crippen LogP contribution is 2.21. The van der Waals surface area contributed by atoms with Crippen LogP contribution in [0.15, 0.2) is 42.5 Å². The first-order chi connectivity index (χ1) is 12.4. The van der Waals surface area contributed by atoms with E-state index in [1.807, 2.05) is 0 Å². The van der Waals surface area contributed by atoms with Crippen molar-refractivity contribution >= 4 is 40.8 Å². The number of rotatable bonds is 6. The number of nitrogens with two attached hydrogens (primary N) is 1. The number of esters is 2. The van der Waals surface area contributed by atoms with E-state index in [4.69, 9.17) is 26.8 Å². The van der Waals surface area contributed by atoms with Gasteiger partial charge in [0, 0.05) is 11.4 Å². The summed E-state index contributed by atoms with van der Waals surface area (Å²) in [7, 11) is 0. The molecule has 0 spiro atoms. The van der Waals surface area contributed by atoms with Gasteiger partial charge in [-0.1, -0.05) is 23.7 Å². The summed E-state index contributed by atoms with van der Waals surface area (Å²) in [4.78, 5) is 35.7.